The van der Waals surface area contributed by atoms with Crippen molar-refractivity contribution in [1.29, 1.82) is 0 Å². The number of ether oxygens (including phenoxy) is 1. The van der Waals surface area contributed by atoms with E-state index < -0.39 is 35.4 Å². The molecule has 0 saturated carbocycles. The van der Waals surface area contributed by atoms with Gasteiger partial charge in [0.25, 0.3) is 0 Å². The van der Waals surface area contributed by atoms with Crippen LogP contribution in [-0.4, -0.2) is 18.9 Å². The molecule has 9 heteroatoms. The molecular weight excluding hydrogens is 464 g/mol. The van der Waals surface area contributed by atoms with Crippen molar-refractivity contribution in [2.75, 3.05) is 17.3 Å². The standard InChI is InChI=1S/C26H22F4N2O3/c1-35-21-11-9-20(10-12-21)32-23(33)14-13-22(24(32)16-5-7-18(27)8-6-16)25(34)31-19-4-2-3-17(15-19)26(28,29)30/h2-12,15,22,24H,13-14H2,1H3,(H,31,34)/t22-,24-/m0/s1. The van der Waals surface area contributed by atoms with E-state index in [-0.39, 0.29) is 24.4 Å². The summed E-state index contributed by atoms with van der Waals surface area (Å²) >= 11 is 0. The molecule has 0 unspecified atom stereocenters. The summed E-state index contributed by atoms with van der Waals surface area (Å²) in [5, 5.41) is 2.57. The number of nitrogens with zero attached hydrogens (tertiary/aromatic N) is 1. The largest absolute Gasteiger partial charge is 0.497 e. The number of rotatable bonds is 5. The molecule has 182 valence electrons. The second-order valence-electron chi connectivity index (χ2n) is 8.17. The highest BCUT2D eigenvalue weighted by molar-refractivity contribution is 6.00. The molecule has 1 saturated heterocycles. The molecule has 1 fully saturated rings. The predicted molar refractivity (Wildman–Crippen MR) is 122 cm³/mol. The lowest BCUT2D eigenvalue weighted by atomic mass is 9.83. The second kappa shape index (κ2) is 9.77. The smallest absolute Gasteiger partial charge is 0.416 e. The van der Waals surface area contributed by atoms with Gasteiger partial charge in [0.1, 0.15) is 11.6 Å². The first-order chi connectivity index (χ1) is 16.7. The molecule has 35 heavy (non-hydrogen) atoms. The Bertz CT molecular complexity index is 1210. The van der Waals surface area contributed by atoms with Crippen LogP contribution in [0.3, 0.4) is 0 Å². The van der Waals surface area contributed by atoms with Crippen molar-refractivity contribution in [3.05, 3.63) is 89.7 Å². The molecule has 0 aromatic heterocycles. The zero-order chi connectivity index (χ0) is 25.2. The Labute approximate surface area is 199 Å². The summed E-state index contributed by atoms with van der Waals surface area (Å²) in [5.41, 5.74) is 0.154. The van der Waals surface area contributed by atoms with Crippen molar-refractivity contribution in [2.24, 2.45) is 5.92 Å². The minimum absolute atomic E-state index is 0.00409. The molecule has 3 aromatic carbocycles. The van der Waals surface area contributed by atoms with Gasteiger partial charge in [-0.1, -0.05) is 18.2 Å². The highest BCUT2D eigenvalue weighted by atomic mass is 19.4. The Kier molecular flexibility index (Phi) is 6.77. The van der Waals surface area contributed by atoms with Crippen LogP contribution in [0, 0.1) is 11.7 Å². The van der Waals surface area contributed by atoms with Gasteiger partial charge < -0.3 is 15.0 Å². The van der Waals surface area contributed by atoms with Crippen LogP contribution >= 0.6 is 0 Å². The Balaban J connectivity index is 1.71. The van der Waals surface area contributed by atoms with Crippen LogP contribution in [0.5, 0.6) is 5.75 Å². The van der Waals surface area contributed by atoms with E-state index in [1.807, 2.05) is 0 Å². The predicted octanol–water partition coefficient (Wildman–Crippen LogP) is 5.98. The van der Waals surface area contributed by atoms with E-state index in [1.54, 1.807) is 24.3 Å². The first kappa shape index (κ1) is 24.3. The van der Waals surface area contributed by atoms with E-state index in [2.05, 4.69) is 5.32 Å². The number of carbonyl (C=O) groups is 2. The first-order valence-corrected chi connectivity index (χ1v) is 10.9. The van der Waals surface area contributed by atoms with Gasteiger partial charge in [-0.25, -0.2) is 4.39 Å². The summed E-state index contributed by atoms with van der Waals surface area (Å²) in [6, 6.07) is 15.8. The fraction of sp³-hybridized carbons (Fsp3) is 0.231. The third-order valence-electron chi connectivity index (χ3n) is 5.95. The van der Waals surface area contributed by atoms with E-state index in [9.17, 15) is 27.2 Å². The number of nitrogens with one attached hydrogen (secondary N) is 1. The van der Waals surface area contributed by atoms with E-state index >= 15 is 0 Å². The lowest BCUT2D eigenvalue weighted by Crippen LogP contribution is -2.47. The monoisotopic (exact) mass is 486 g/mol. The number of halogens is 4. The van der Waals surface area contributed by atoms with Gasteiger partial charge in [0.2, 0.25) is 11.8 Å². The Morgan fingerprint density at radius 2 is 1.71 bits per heavy atom. The van der Waals surface area contributed by atoms with Crippen LogP contribution in [0.25, 0.3) is 0 Å². The number of amides is 2. The number of methoxy groups -OCH3 is 1. The van der Waals surface area contributed by atoms with Crippen LogP contribution in [0.1, 0.15) is 30.0 Å². The van der Waals surface area contributed by atoms with Gasteiger partial charge in [-0.15, -0.1) is 0 Å². The molecule has 0 spiro atoms. The summed E-state index contributed by atoms with van der Waals surface area (Å²) in [6.07, 6.45) is -4.32. The van der Waals surface area contributed by atoms with Crippen molar-refractivity contribution in [3.8, 4) is 5.75 Å². The topological polar surface area (TPSA) is 58.6 Å². The van der Waals surface area contributed by atoms with Crippen molar-refractivity contribution >= 4 is 23.2 Å². The van der Waals surface area contributed by atoms with Crippen LogP contribution in [0.15, 0.2) is 72.8 Å². The van der Waals surface area contributed by atoms with Gasteiger partial charge in [-0.3, -0.25) is 9.59 Å². The van der Waals surface area contributed by atoms with Gasteiger partial charge in [0.05, 0.1) is 24.6 Å². The fourth-order valence-electron chi connectivity index (χ4n) is 4.26. The quantitative estimate of drug-likeness (QED) is 0.452. The number of anilines is 2. The van der Waals surface area contributed by atoms with E-state index in [4.69, 9.17) is 4.74 Å². The molecule has 1 aliphatic heterocycles. The van der Waals surface area contributed by atoms with E-state index in [0.29, 0.717) is 17.0 Å². The molecule has 0 aliphatic carbocycles. The summed E-state index contributed by atoms with van der Waals surface area (Å²) in [6.45, 7) is 0. The number of alkyl halides is 3. The van der Waals surface area contributed by atoms with Gasteiger partial charge in [0.15, 0.2) is 0 Å². The third-order valence-corrected chi connectivity index (χ3v) is 5.95. The average molecular weight is 486 g/mol. The number of hydrogen-bond donors (Lipinski definition) is 1. The van der Waals surface area contributed by atoms with Gasteiger partial charge in [0, 0.05) is 17.8 Å². The zero-order valence-corrected chi connectivity index (χ0v) is 18.7. The van der Waals surface area contributed by atoms with Crippen molar-refractivity contribution in [3.63, 3.8) is 0 Å². The maximum Gasteiger partial charge on any atom is 0.416 e. The molecule has 1 N–H and O–H groups in total. The third kappa shape index (κ3) is 5.29. The van der Waals surface area contributed by atoms with Crippen LogP contribution in [0.4, 0.5) is 28.9 Å². The number of carbonyl (C=O) groups excluding carboxylic acids is 2. The van der Waals surface area contributed by atoms with Gasteiger partial charge in [-0.2, -0.15) is 13.2 Å². The maximum absolute atomic E-state index is 13.6. The van der Waals surface area contributed by atoms with Gasteiger partial charge in [-0.05, 0) is 66.6 Å². The van der Waals surface area contributed by atoms with E-state index in [1.165, 1.54) is 48.4 Å². The summed E-state index contributed by atoms with van der Waals surface area (Å²) in [4.78, 5) is 27.9. The average Bonchev–Trinajstić information content (AvgIpc) is 2.84. The number of piperidine rings is 1. The Morgan fingerprint density at radius 1 is 1.03 bits per heavy atom. The molecule has 2 atom stereocenters. The minimum Gasteiger partial charge on any atom is -0.497 e. The fourth-order valence-corrected chi connectivity index (χ4v) is 4.26. The SMILES string of the molecule is COc1ccc(N2C(=O)CC[C@H](C(=O)Nc3cccc(C(F)(F)F)c3)[C@@H]2c2ccc(F)cc2)cc1. The lowest BCUT2D eigenvalue weighted by Gasteiger charge is -2.41. The molecule has 5 nitrogen and oxygen atoms in total. The zero-order valence-electron chi connectivity index (χ0n) is 18.7. The summed E-state index contributed by atoms with van der Waals surface area (Å²) in [7, 11) is 1.51. The van der Waals surface area contributed by atoms with Crippen LogP contribution in [-0.2, 0) is 15.8 Å². The highest BCUT2D eigenvalue weighted by Crippen LogP contribution is 2.41. The Morgan fingerprint density at radius 3 is 2.34 bits per heavy atom. The number of benzene rings is 3. The normalized spacial score (nSPS) is 18.3. The summed E-state index contributed by atoms with van der Waals surface area (Å²) < 4.78 is 58.2. The second-order valence-corrected chi connectivity index (χ2v) is 8.17. The molecule has 1 aliphatic rings. The molecule has 4 rings (SSSR count). The molecule has 1 heterocycles. The molecule has 0 bridgehead atoms. The van der Waals surface area contributed by atoms with Crippen molar-refractivity contribution in [2.45, 2.75) is 25.1 Å². The van der Waals surface area contributed by atoms with Gasteiger partial charge >= 0.3 is 6.18 Å². The molecule has 2 amide bonds. The van der Waals surface area contributed by atoms with Crippen LogP contribution in [0.2, 0.25) is 0 Å². The lowest BCUT2D eigenvalue weighted by molar-refractivity contribution is -0.137. The van der Waals surface area contributed by atoms with Crippen molar-refractivity contribution in [1.82, 2.24) is 0 Å². The van der Waals surface area contributed by atoms with E-state index in [0.717, 1.165) is 12.1 Å². The number of hydrogen-bond acceptors (Lipinski definition) is 3. The summed E-state index contributed by atoms with van der Waals surface area (Å²) in [5.74, 6) is -1.46. The maximum atomic E-state index is 13.6. The first-order valence-electron chi connectivity index (χ1n) is 10.9. The highest BCUT2D eigenvalue weighted by Gasteiger charge is 2.41. The Hall–Kier alpha value is -3.88. The van der Waals surface area contributed by atoms with Crippen molar-refractivity contribution < 1.29 is 31.9 Å². The molecule has 0 radical (unpaired) electrons. The minimum atomic E-state index is -4.56. The van der Waals surface area contributed by atoms with Crippen LogP contribution < -0.4 is 15.0 Å². The molecule has 3 aromatic rings. The molecular formula is C26H22F4N2O3.